The van der Waals surface area contributed by atoms with Crippen LogP contribution in [0.3, 0.4) is 0 Å². The third kappa shape index (κ3) is 2.48. The molecule has 0 amide bonds. The molecule has 0 bridgehead atoms. The molecule has 0 fully saturated rings. The first-order valence-corrected chi connectivity index (χ1v) is 6.74. The minimum Gasteiger partial charge on any atom is -0.497 e. The molecule has 0 aliphatic heterocycles. The van der Waals surface area contributed by atoms with Crippen molar-refractivity contribution in [3.8, 4) is 28.1 Å². The fraction of sp³-hybridized carbons (Fsp3) is 0.118. The van der Waals surface area contributed by atoms with Crippen molar-refractivity contribution in [1.29, 1.82) is 0 Å². The lowest BCUT2D eigenvalue weighted by atomic mass is 9.94. The molecule has 0 aliphatic rings. The van der Waals surface area contributed by atoms with Crippen molar-refractivity contribution in [2.45, 2.75) is 6.92 Å². The highest BCUT2D eigenvalue weighted by atomic mass is 16.5. The predicted molar refractivity (Wildman–Crippen MR) is 85.2 cm³/mol. The van der Waals surface area contributed by atoms with E-state index < -0.39 is 0 Å². The average Bonchev–Trinajstić information content (AvgIpc) is 2.93. The number of nitrogens with two attached hydrogens (primary N) is 1. The molecule has 0 unspecified atom stereocenters. The van der Waals surface area contributed by atoms with Gasteiger partial charge in [-0.05, 0) is 35.7 Å². The lowest BCUT2D eigenvalue weighted by Crippen LogP contribution is -1.90. The fourth-order valence-corrected chi connectivity index (χ4v) is 2.49. The minimum atomic E-state index is 0.422. The van der Waals surface area contributed by atoms with Crippen LogP contribution in [0, 0.1) is 6.92 Å². The third-order valence-corrected chi connectivity index (χ3v) is 3.54. The van der Waals surface area contributed by atoms with Crippen molar-refractivity contribution in [3.63, 3.8) is 0 Å². The van der Waals surface area contributed by atoms with E-state index >= 15 is 0 Å². The molecule has 0 aliphatic carbocycles. The van der Waals surface area contributed by atoms with Crippen LogP contribution in [-0.4, -0.2) is 17.1 Å². The molecule has 21 heavy (non-hydrogen) atoms. The molecule has 0 saturated carbocycles. The maximum absolute atomic E-state index is 5.69. The van der Waals surface area contributed by atoms with E-state index in [0.717, 1.165) is 28.1 Å². The van der Waals surface area contributed by atoms with Crippen LogP contribution >= 0.6 is 0 Å². The highest BCUT2D eigenvalue weighted by Gasteiger charge is 2.11. The first-order valence-electron chi connectivity index (χ1n) is 6.74. The standard InChI is InChI=1S/C17H17N3O/c1-11-9-12(21-2)7-8-13(11)14-5-3-4-6-15(14)16-10-19-17(18)20-16/h3-10H,1-2H3,(H3,18,19,20). The van der Waals surface area contributed by atoms with Gasteiger partial charge in [0.1, 0.15) is 5.75 Å². The van der Waals surface area contributed by atoms with E-state index in [2.05, 4.69) is 35.1 Å². The van der Waals surface area contributed by atoms with Gasteiger partial charge in [-0.15, -0.1) is 0 Å². The number of methoxy groups -OCH3 is 1. The number of aromatic nitrogens is 2. The smallest absolute Gasteiger partial charge is 0.197 e. The Bertz CT molecular complexity index is 777. The highest BCUT2D eigenvalue weighted by Crippen LogP contribution is 2.34. The summed E-state index contributed by atoms with van der Waals surface area (Å²) in [6, 6.07) is 14.3. The number of imidazole rings is 1. The highest BCUT2D eigenvalue weighted by molar-refractivity contribution is 5.83. The van der Waals surface area contributed by atoms with Gasteiger partial charge < -0.3 is 15.5 Å². The molecule has 106 valence electrons. The Morgan fingerprint density at radius 3 is 2.43 bits per heavy atom. The summed E-state index contributed by atoms with van der Waals surface area (Å²) >= 11 is 0. The fourth-order valence-electron chi connectivity index (χ4n) is 2.49. The molecule has 1 aromatic heterocycles. The zero-order valence-corrected chi connectivity index (χ0v) is 12.1. The van der Waals surface area contributed by atoms with Crippen LogP contribution < -0.4 is 10.5 Å². The van der Waals surface area contributed by atoms with E-state index in [0.29, 0.717) is 5.95 Å². The Labute approximate surface area is 123 Å². The summed E-state index contributed by atoms with van der Waals surface area (Å²) in [5.41, 5.74) is 11.2. The summed E-state index contributed by atoms with van der Waals surface area (Å²) in [5.74, 6) is 1.28. The summed E-state index contributed by atoms with van der Waals surface area (Å²) in [6.07, 6.45) is 1.76. The number of aromatic amines is 1. The molecule has 4 heteroatoms. The number of hydrogen-bond donors (Lipinski definition) is 2. The number of ether oxygens (including phenoxy) is 1. The number of nitrogen functional groups attached to an aromatic ring is 1. The van der Waals surface area contributed by atoms with Crippen LogP contribution in [0.15, 0.2) is 48.7 Å². The van der Waals surface area contributed by atoms with E-state index in [1.807, 2.05) is 24.3 Å². The van der Waals surface area contributed by atoms with Crippen LogP contribution in [0.1, 0.15) is 5.56 Å². The number of nitrogens with zero attached hydrogens (tertiary/aromatic N) is 1. The molecule has 2 aromatic carbocycles. The van der Waals surface area contributed by atoms with E-state index in [1.54, 1.807) is 13.3 Å². The lowest BCUT2D eigenvalue weighted by Gasteiger charge is -2.12. The molecule has 3 aromatic rings. The van der Waals surface area contributed by atoms with Gasteiger partial charge in [0.15, 0.2) is 5.95 Å². The van der Waals surface area contributed by atoms with Crippen molar-refractivity contribution >= 4 is 5.95 Å². The van der Waals surface area contributed by atoms with Gasteiger partial charge in [-0.3, -0.25) is 0 Å². The molecule has 1 heterocycles. The van der Waals surface area contributed by atoms with Gasteiger partial charge in [0.2, 0.25) is 0 Å². The average molecular weight is 279 g/mol. The lowest BCUT2D eigenvalue weighted by molar-refractivity contribution is 0.414. The first kappa shape index (κ1) is 13.2. The molecule has 0 radical (unpaired) electrons. The van der Waals surface area contributed by atoms with Gasteiger partial charge in [0, 0.05) is 5.56 Å². The monoisotopic (exact) mass is 279 g/mol. The van der Waals surface area contributed by atoms with Crippen molar-refractivity contribution in [3.05, 3.63) is 54.2 Å². The normalized spacial score (nSPS) is 10.6. The molecule has 0 spiro atoms. The summed E-state index contributed by atoms with van der Waals surface area (Å²) in [6.45, 7) is 2.08. The molecule has 0 atom stereocenters. The Morgan fingerprint density at radius 2 is 1.81 bits per heavy atom. The molecular weight excluding hydrogens is 262 g/mol. The maximum Gasteiger partial charge on any atom is 0.197 e. The molecule has 0 saturated heterocycles. The summed E-state index contributed by atoms with van der Waals surface area (Å²) in [4.78, 5) is 7.17. The van der Waals surface area contributed by atoms with Gasteiger partial charge in [-0.2, -0.15) is 0 Å². The number of rotatable bonds is 3. The Morgan fingerprint density at radius 1 is 1.05 bits per heavy atom. The van der Waals surface area contributed by atoms with Crippen LogP contribution in [0.25, 0.3) is 22.4 Å². The third-order valence-electron chi connectivity index (χ3n) is 3.54. The van der Waals surface area contributed by atoms with Gasteiger partial charge in [0.25, 0.3) is 0 Å². The molecular formula is C17H17N3O. The molecule has 4 nitrogen and oxygen atoms in total. The Hall–Kier alpha value is -2.75. The number of hydrogen-bond acceptors (Lipinski definition) is 3. The Balaban J connectivity index is 2.15. The van der Waals surface area contributed by atoms with Crippen LogP contribution in [-0.2, 0) is 0 Å². The number of aryl methyl sites for hydroxylation is 1. The van der Waals surface area contributed by atoms with Crippen molar-refractivity contribution < 1.29 is 4.74 Å². The van der Waals surface area contributed by atoms with Gasteiger partial charge >= 0.3 is 0 Å². The SMILES string of the molecule is COc1ccc(-c2ccccc2-c2cnc(N)[nH]2)c(C)c1. The number of anilines is 1. The van der Waals surface area contributed by atoms with Gasteiger partial charge in [-0.25, -0.2) is 4.98 Å². The van der Waals surface area contributed by atoms with E-state index in [1.165, 1.54) is 5.56 Å². The largest absolute Gasteiger partial charge is 0.497 e. The summed E-state index contributed by atoms with van der Waals surface area (Å²) < 4.78 is 5.27. The molecule has 3 rings (SSSR count). The number of nitrogens with one attached hydrogen (secondary N) is 1. The van der Waals surface area contributed by atoms with E-state index in [-0.39, 0.29) is 0 Å². The number of H-pyrrole nitrogens is 1. The van der Waals surface area contributed by atoms with Crippen LogP contribution in [0.5, 0.6) is 5.75 Å². The number of benzene rings is 2. The van der Waals surface area contributed by atoms with Gasteiger partial charge in [-0.1, -0.05) is 30.3 Å². The minimum absolute atomic E-state index is 0.422. The van der Waals surface area contributed by atoms with E-state index in [4.69, 9.17) is 10.5 Å². The van der Waals surface area contributed by atoms with Crippen molar-refractivity contribution in [2.24, 2.45) is 0 Å². The van der Waals surface area contributed by atoms with E-state index in [9.17, 15) is 0 Å². The van der Waals surface area contributed by atoms with Crippen LogP contribution in [0.4, 0.5) is 5.95 Å². The van der Waals surface area contributed by atoms with Crippen molar-refractivity contribution in [1.82, 2.24) is 9.97 Å². The summed E-state index contributed by atoms with van der Waals surface area (Å²) in [5, 5.41) is 0. The molecule has 3 N–H and O–H groups in total. The zero-order chi connectivity index (χ0) is 14.8. The maximum atomic E-state index is 5.69. The zero-order valence-electron chi connectivity index (χ0n) is 12.1. The second-order valence-electron chi connectivity index (χ2n) is 4.91. The predicted octanol–water partition coefficient (Wildman–Crippen LogP) is 3.64. The Kier molecular flexibility index (Phi) is 3.36. The summed E-state index contributed by atoms with van der Waals surface area (Å²) in [7, 11) is 1.68. The first-order chi connectivity index (χ1) is 10.2. The van der Waals surface area contributed by atoms with Crippen molar-refractivity contribution in [2.75, 3.05) is 12.8 Å². The van der Waals surface area contributed by atoms with Crippen LogP contribution in [0.2, 0.25) is 0 Å². The second kappa shape index (κ2) is 5.32. The van der Waals surface area contributed by atoms with Gasteiger partial charge in [0.05, 0.1) is 19.0 Å². The second-order valence-corrected chi connectivity index (χ2v) is 4.91. The topological polar surface area (TPSA) is 63.9 Å². The quantitative estimate of drug-likeness (QED) is 0.769.